The van der Waals surface area contributed by atoms with Crippen LogP contribution in [0.4, 0.5) is 0 Å². The average Bonchev–Trinajstić information content (AvgIpc) is 1.72. The Kier molecular flexibility index (Phi) is 8.85. The van der Waals surface area contributed by atoms with E-state index in [2.05, 4.69) is 0 Å². The fraction of sp³-hybridized carbons (Fsp3) is 1.00. The minimum atomic E-state index is -3.64. The van der Waals surface area contributed by atoms with Crippen LogP contribution in [0, 0.1) is 0 Å². The van der Waals surface area contributed by atoms with Crippen molar-refractivity contribution >= 4 is 15.2 Å². The number of hydrogen-bond donors (Lipinski definition) is 2. The van der Waals surface area contributed by atoms with Crippen LogP contribution in [0.25, 0.3) is 0 Å². The third kappa shape index (κ3) is 23.8. The monoisotopic (exact) mass is 276 g/mol. The molecule has 0 aliphatic rings. The summed E-state index contributed by atoms with van der Waals surface area (Å²) in [5.74, 6) is 0. The van der Waals surface area contributed by atoms with Gasteiger partial charge in [-0.05, 0) is 27.7 Å². The summed E-state index contributed by atoms with van der Waals surface area (Å²) in [5, 5.41) is 0. The lowest BCUT2D eigenvalue weighted by atomic mass is 10.5. The molecule has 0 saturated carbocycles. The van der Waals surface area contributed by atoms with Gasteiger partial charge in [0.25, 0.3) is 0 Å². The molecule has 2 N–H and O–H groups in total. The summed E-state index contributed by atoms with van der Waals surface area (Å²) in [6.07, 6.45) is -0.103. The zero-order chi connectivity index (χ0) is 13.6. The topological polar surface area (TPSA) is 93.1 Å². The molecule has 0 aromatic carbocycles. The minimum Gasteiger partial charge on any atom is -0.325 e. The lowest BCUT2D eigenvalue weighted by Gasteiger charge is -2.18. The van der Waals surface area contributed by atoms with E-state index in [1.54, 1.807) is 0 Å². The third-order valence-corrected chi connectivity index (χ3v) is 2.41. The van der Waals surface area contributed by atoms with Crippen molar-refractivity contribution in [1.29, 1.82) is 0 Å². The van der Waals surface area contributed by atoms with Crippen LogP contribution < -0.4 is 0 Å². The molecule has 0 amide bonds. The van der Waals surface area contributed by atoms with Crippen molar-refractivity contribution < 1.29 is 28.0 Å². The van der Waals surface area contributed by atoms with Crippen molar-refractivity contribution in [1.82, 2.24) is 0 Å². The molecule has 0 heterocycles. The fourth-order valence-corrected chi connectivity index (χ4v) is 2.37. The Bertz CT molecular complexity index is 247. The van der Waals surface area contributed by atoms with Crippen molar-refractivity contribution in [2.24, 2.45) is 0 Å². The molecule has 0 aliphatic heterocycles. The number of hydrogen-bond acceptors (Lipinski definition) is 4. The van der Waals surface area contributed by atoms with E-state index in [0.29, 0.717) is 0 Å². The van der Waals surface area contributed by atoms with E-state index in [0.717, 1.165) is 6.66 Å². The molecule has 0 saturated heterocycles. The maximum atomic E-state index is 11.4. The first-order valence-corrected chi connectivity index (χ1v) is 8.85. The SMILES string of the molecule is CC(C)OP(C)(=O)OC(C)C.CP(=O)(O)O. The maximum absolute atomic E-state index is 11.4. The molecular weight excluding hydrogens is 254 g/mol. The van der Waals surface area contributed by atoms with Gasteiger partial charge in [0.1, 0.15) is 0 Å². The predicted molar refractivity (Wildman–Crippen MR) is 63.9 cm³/mol. The van der Waals surface area contributed by atoms with Gasteiger partial charge in [0.2, 0.25) is 0 Å². The van der Waals surface area contributed by atoms with Gasteiger partial charge < -0.3 is 18.8 Å². The molecule has 100 valence electrons. The average molecular weight is 276 g/mol. The van der Waals surface area contributed by atoms with Crippen LogP contribution in [0.15, 0.2) is 0 Å². The first-order valence-electron chi connectivity index (χ1n) is 4.81. The van der Waals surface area contributed by atoms with E-state index < -0.39 is 15.2 Å². The largest absolute Gasteiger partial charge is 0.328 e. The normalized spacial score (nSPS) is 12.6. The molecular formula is C8H22O6P2. The highest BCUT2D eigenvalue weighted by atomic mass is 31.2. The van der Waals surface area contributed by atoms with E-state index in [1.165, 1.54) is 6.66 Å². The van der Waals surface area contributed by atoms with Crippen LogP contribution >= 0.6 is 15.2 Å². The van der Waals surface area contributed by atoms with E-state index in [-0.39, 0.29) is 12.2 Å². The standard InChI is InChI=1S/C7H17O3P.CH5O3P/c1-6(2)9-11(5,8)10-7(3)4;1-5(2,3)4/h6-7H,1-5H3;1H3,(H2,2,3,4). The highest BCUT2D eigenvalue weighted by Crippen LogP contribution is 2.46. The quantitative estimate of drug-likeness (QED) is 0.766. The molecule has 0 aliphatic carbocycles. The van der Waals surface area contributed by atoms with Gasteiger partial charge in [-0.2, -0.15) is 0 Å². The van der Waals surface area contributed by atoms with Crippen molar-refractivity contribution in [3.8, 4) is 0 Å². The van der Waals surface area contributed by atoms with Crippen molar-refractivity contribution in [3.05, 3.63) is 0 Å². The second-order valence-electron chi connectivity index (χ2n) is 3.91. The summed E-state index contributed by atoms with van der Waals surface area (Å²) in [6, 6.07) is 0. The summed E-state index contributed by atoms with van der Waals surface area (Å²) in [4.78, 5) is 15.3. The maximum Gasteiger partial charge on any atom is 0.328 e. The van der Waals surface area contributed by atoms with Crippen LogP contribution in [0.3, 0.4) is 0 Å². The van der Waals surface area contributed by atoms with E-state index in [4.69, 9.17) is 18.8 Å². The van der Waals surface area contributed by atoms with E-state index >= 15 is 0 Å². The smallest absolute Gasteiger partial charge is 0.325 e. The zero-order valence-electron chi connectivity index (χ0n) is 10.6. The van der Waals surface area contributed by atoms with Gasteiger partial charge >= 0.3 is 15.2 Å². The van der Waals surface area contributed by atoms with Gasteiger partial charge in [-0.3, -0.25) is 9.13 Å². The number of rotatable bonds is 4. The van der Waals surface area contributed by atoms with Gasteiger partial charge in [-0.1, -0.05) is 0 Å². The van der Waals surface area contributed by atoms with Gasteiger partial charge in [-0.15, -0.1) is 0 Å². The molecule has 0 radical (unpaired) electrons. The molecule has 0 atom stereocenters. The van der Waals surface area contributed by atoms with Crippen LogP contribution in [-0.2, 0) is 18.2 Å². The summed E-state index contributed by atoms with van der Waals surface area (Å²) in [7, 11) is -6.44. The Labute approximate surface area is 97.0 Å². The van der Waals surface area contributed by atoms with Gasteiger partial charge in [0.05, 0.1) is 12.2 Å². The molecule has 0 rings (SSSR count). The second-order valence-corrected chi connectivity index (χ2v) is 7.55. The van der Waals surface area contributed by atoms with Crippen molar-refractivity contribution in [3.63, 3.8) is 0 Å². The van der Waals surface area contributed by atoms with Crippen molar-refractivity contribution in [2.75, 3.05) is 13.3 Å². The highest BCUT2D eigenvalue weighted by Gasteiger charge is 2.19. The van der Waals surface area contributed by atoms with E-state index in [1.807, 2.05) is 27.7 Å². The summed E-state index contributed by atoms with van der Waals surface area (Å²) in [5.41, 5.74) is 0. The molecule has 0 spiro atoms. The molecule has 0 aromatic rings. The second kappa shape index (κ2) is 7.59. The lowest BCUT2D eigenvalue weighted by molar-refractivity contribution is 0.146. The Morgan fingerprint density at radius 3 is 1.19 bits per heavy atom. The van der Waals surface area contributed by atoms with Crippen LogP contribution in [0.2, 0.25) is 0 Å². The van der Waals surface area contributed by atoms with Crippen molar-refractivity contribution in [2.45, 2.75) is 39.9 Å². The van der Waals surface area contributed by atoms with E-state index in [9.17, 15) is 9.13 Å². The van der Waals surface area contributed by atoms with Gasteiger partial charge in [0.15, 0.2) is 0 Å². The predicted octanol–water partition coefficient (Wildman–Crippen LogP) is 2.45. The molecule has 6 nitrogen and oxygen atoms in total. The minimum absolute atomic E-state index is 0.0513. The fourth-order valence-electron chi connectivity index (χ4n) is 0.791. The molecule has 0 bridgehead atoms. The van der Waals surface area contributed by atoms with Gasteiger partial charge in [-0.25, -0.2) is 0 Å². The molecule has 0 fully saturated rings. The highest BCUT2D eigenvalue weighted by molar-refractivity contribution is 7.53. The molecule has 0 unspecified atom stereocenters. The Morgan fingerprint density at radius 2 is 1.06 bits per heavy atom. The summed E-state index contributed by atoms with van der Waals surface area (Å²) < 4.78 is 30.9. The van der Waals surface area contributed by atoms with Crippen LogP contribution in [0.5, 0.6) is 0 Å². The Hall–Kier alpha value is 0.300. The molecule has 16 heavy (non-hydrogen) atoms. The summed E-state index contributed by atoms with van der Waals surface area (Å²) >= 11 is 0. The summed E-state index contributed by atoms with van der Waals surface area (Å²) in [6.45, 7) is 9.68. The molecule has 0 aromatic heterocycles. The van der Waals surface area contributed by atoms with Crippen LogP contribution in [0.1, 0.15) is 27.7 Å². The Morgan fingerprint density at radius 1 is 0.875 bits per heavy atom. The molecule has 8 heteroatoms. The zero-order valence-corrected chi connectivity index (χ0v) is 12.4. The first-order chi connectivity index (χ1) is 6.83. The Balaban J connectivity index is 0. The first kappa shape index (κ1) is 18.7. The lowest BCUT2D eigenvalue weighted by Crippen LogP contribution is -2.06. The third-order valence-electron chi connectivity index (χ3n) is 0.805. The van der Waals surface area contributed by atoms with Gasteiger partial charge in [0, 0.05) is 13.3 Å². The van der Waals surface area contributed by atoms with Crippen LogP contribution in [-0.4, -0.2) is 35.3 Å².